The van der Waals surface area contributed by atoms with Crippen LogP contribution in [-0.2, 0) is 0 Å². The first kappa shape index (κ1) is 13.8. The highest BCUT2D eigenvalue weighted by molar-refractivity contribution is 5.52. The summed E-state index contributed by atoms with van der Waals surface area (Å²) in [5.74, 6) is 0.527. The van der Waals surface area contributed by atoms with Crippen LogP contribution in [0.25, 0.3) is 0 Å². The minimum Gasteiger partial charge on any atom is -0.382 e. The third-order valence-corrected chi connectivity index (χ3v) is 4.15. The number of nitro benzene ring substituents is 1. The van der Waals surface area contributed by atoms with Gasteiger partial charge in [-0.25, -0.2) is 4.39 Å². The molecular weight excluding hydrogens is 247 g/mol. The number of nitrogens with one attached hydrogen (secondary N) is 1. The van der Waals surface area contributed by atoms with Crippen molar-refractivity contribution in [2.75, 3.05) is 5.32 Å². The average molecular weight is 266 g/mol. The predicted molar refractivity (Wildman–Crippen MR) is 72.6 cm³/mol. The molecule has 1 N–H and O–H groups in total. The van der Waals surface area contributed by atoms with Gasteiger partial charge in [0.15, 0.2) is 0 Å². The summed E-state index contributed by atoms with van der Waals surface area (Å²) in [4.78, 5) is 10.2. The molecule has 5 heteroatoms. The lowest BCUT2D eigenvalue weighted by Crippen LogP contribution is -2.35. The molecule has 1 aromatic rings. The highest BCUT2D eigenvalue weighted by Crippen LogP contribution is 2.32. The van der Waals surface area contributed by atoms with Gasteiger partial charge in [-0.2, -0.15) is 0 Å². The number of hydrogen-bond acceptors (Lipinski definition) is 3. The largest absolute Gasteiger partial charge is 0.382 e. The normalized spacial score (nSPS) is 27.0. The molecule has 1 saturated carbocycles. The van der Waals surface area contributed by atoms with Crippen molar-refractivity contribution in [3.05, 3.63) is 34.1 Å². The van der Waals surface area contributed by atoms with Crippen molar-refractivity contribution >= 4 is 11.4 Å². The minimum atomic E-state index is -0.576. The molecule has 1 aliphatic rings. The molecule has 1 aromatic carbocycles. The molecule has 4 nitrogen and oxygen atoms in total. The quantitative estimate of drug-likeness (QED) is 0.665. The van der Waals surface area contributed by atoms with Crippen LogP contribution in [0.1, 0.15) is 33.1 Å². The van der Waals surface area contributed by atoms with E-state index in [2.05, 4.69) is 19.2 Å². The number of halogens is 1. The highest BCUT2D eigenvalue weighted by atomic mass is 19.1. The topological polar surface area (TPSA) is 55.2 Å². The molecule has 0 aromatic heterocycles. The molecule has 0 amide bonds. The maximum absolute atomic E-state index is 13.4. The lowest BCUT2D eigenvalue weighted by molar-refractivity contribution is -0.385. The Hall–Kier alpha value is -1.65. The van der Waals surface area contributed by atoms with Crippen molar-refractivity contribution in [1.29, 1.82) is 0 Å². The summed E-state index contributed by atoms with van der Waals surface area (Å²) in [6.07, 6.45) is 3.37. The van der Waals surface area contributed by atoms with Crippen molar-refractivity contribution < 1.29 is 9.31 Å². The Balaban J connectivity index is 2.16. The lowest BCUT2D eigenvalue weighted by Gasteiger charge is -2.35. The van der Waals surface area contributed by atoms with E-state index in [-0.39, 0.29) is 11.7 Å². The predicted octanol–water partition coefficient (Wildman–Crippen LogP) is 3.97. The SMILES string of the molecule is CC1CCCC(Nc2cc(F)cc([N+](=O)[O-])c2)C1C. The van der Waals surface area contributed by atoms with E-state index in [1.807, 2.05) is 0 Å². The van der Waals surface area contributed by atoms with E-state index >= 15 is 0 Å². The third-order valence-electron chi connectivity index (χ3n) is 4.15. The van der Waals surface area contributed by atoms with Gasteiger partial charge < -0.3 is 5.32 Å². The van der Waals surface area contributed by atoms with Gasteiger partial charge in [-0.15, -0.1) is 0 Å². The smallest absolute Gasteiger partial charge is 0.274 e. The van der Waals surface area contributed by atoms with Crippen LogP contribution in [0.15, 0.2) is 18.2 Å². The van der Waals surface area contributed by atoms with Gasteiger partial charge in [0.1, 0.15) is 5.82 Å². The Morgan fingerprint density at radius 2 is 2.05 bits per heavy atom. The molecule has 3 unspecified atom stereocenters. The van der Waals surface area contributed by atoms with Crippen LogP contribution < -0.4 is 5.32 Å². The zero-order valence-electron chi connectivity index (χ0n) is 11.2. The monoisotopic (exact) mass is 266 g/mol. The summed E-state index contributed by atoms with van der Waals surface area (Å²) >= 11 is 0. The maximum Gasteiger partial charge on any atom is 0.274 e. The molecule has 0 aliphatic heterocycles. The number of benzene rings is 1. The number of non-ortho nitro benzene ring substituents is 1. The molecule has 0 saturated heterocycles. The molecule has 3 atom stereocenters. The van der Waals surface area contributed by atoms with Crippen molar-refractivity contribution in [3.63, 3.8) is 0 Å². The molecular formula is C14H19FN2O2. The first-order valence-electron chi connectivity index (χ1n) is 6.69. The molecule has 1 aliphatic carbocycles. The summed E-state index contributed by atoms with van der Waals surface area (Å²) in [5.41, 5.74) is 0.289. The van der Waals surface area contributed by atoms with Crippen LogP contribution in [0.4, 0.5) is 15.8 Å². The summed E-state index contributed by atoms with van der Waals surface area (Å²) in [6, 6.07) is 3.91. The van der Waals surface area contributed by atoms with Gasteiger partial charge in [-0.1, -0.05) is 26.7 Å². The van der Waals surface area contributed by atoms with Gasteiger partial charge in [-0.3, -0.25) is 10.1 Å². The fourth-order valence-corrected chi connectivity index (χ4v) is 2.76. The van der Waals surface area contributed by atoms with Crippen molar-refractivity contribution in [3.8, 4) is 0 Å². The molecule has 0 radical (unpaired) electrons. The zero-order valence-corrected chi connectivity index (χ0v) is 11.2. The Kier molecular flexibility index (Phi) is 4.02. The second-order valence-electron chi connectivity index (χ2n) is 5.47. The van der Waals surface area contributed by atoms with E-state index < -0.39 is 10.7 Å². The molecule has 1 fully saturated rings. The summed E-state index contributed by atoms with van der Waals surface area (Å²) in [7, 11) is 0. The summed E-state index contributed by atoms with van der Waals surface area (Å²) < 4.78 is 13.4. The first-order chi connectivity index (χ1) is 8.97. The van der Waals surface area contributed by atoms with E-state index in [1.165, 1.54) is 18.6 Å². The maximum atomic E-state index is 13.4. The molecule has 19 heavy (non-hydrogen) atoms. The van der Waals surface area contributed by atoms with Crippen LogP contribution >= 0.6 is 0 Å². The highest BCUT2D eigenvalue weighted by Gasteiger charge is 2.27. The van der Waals surface area contributed by atoms with Gasteiger partial charge in [-0.05, 0) is 24.3 Å². The number of hydrogen-bond donors (Lipinski definition) is 1. The molecule has 104 valence electrons. The average Bonchev–Trinajstić information content (AvgIpc) is 2.34. The van der Waals surface area contributed by atoms with Gasteiger partial charge in [0.2, 0.25) is 0 Å². The Bertz CT molecular complexity index is 479. The molecule has 0 spiro atoms. The Labute approximate surface area is 112 Å². The van der Waals surface area contributed by atoms with Gasteiger partial charge >= 0.3 is 0 Å². The minimum absolute atomic E-state index is 0.209. The van der Waals surface area contributed by atoms with E-state index in [0.717, 1.165) is 18.9 Å². The van der Waals surface area contributed by atoms with Crippen LogP contribution in [0.2, 0.25) is 0 Å². The van der Waals surface area contributed by atoms with Crippen LogP contribution in [0.5, 0.6) is 0 Å². The van der Waals surface area contributed by atoms with E-state index in [9.17, 15) is 14.5 Å². The second kappa shape index (κ2) is 5.55. The Morgan fingerprint density at radius 1 is 1.32 bits per heavy atom. The molecule has 2 rings (SSSR count). The first-order valence-corrected chi connectivity index (χ1v) is 6.69. The fraction of sp³-hybridized carbons (Fsp3) is 0.571. The number of anilines is 1. The summed E-state index contributed by atoms with van der Waals surface area (Å²) in [5, 5.41) is 14.0. The lowest BCUT2D eigenvalue weighted by atomic mass is 9.78. The van der Waals surface area contributed by atoms with E-state index in [4.69, 9.17) is 0 Å². The van der Waals surface area contributed by atoms with Crippen molar-refractivity contribution in [1.82, 2.24) is 0 Å². The number of rotatable bonds is 3. The zero-order chi connectivity index (χ0) is 14.0. The van der Waals surface area contributed by atoms with Crippen LogP contribution in [0.3, 0.4) is 0 Å². The van der Waals surface area contributed by atoms with Crippen molar-refractivity contribution in [2.24, 2.45) is 11.8 Å². The van der Waals surface area contributed by atoms with Crippen LogP contribution in [0, 0.1) is 27.8 Å². The van der Waals surface area contributed by atoms with Gasteiger partial charge in [0.05, 0.1) is 11.0 Å². The van der Waals surface area contributed by atoms with E-state index in [0.29, 0.717) is 17.5 Å². The number of nitrogens with zero attached hydrogens (tertiary/aromatic N) is 1. The molecule has 0 bridgehead atoms. The van der Waals surface area contributed by atoms with Crippen molar-refractivity contribution in [2.45, 2.75) is 39.2 Å². The van der Waals surface area contributed by atoms with Crippen LogP contribution in [-0.4, -0.2) is 11.0 Å². The van der Waals surface area contributed by atoms with Gasteiger partial charge in [0.25, 0.3) is 5.69 Å². The fourth-order valence-electron chi connectivity index (χ4n) is 2.76. The third kappa shape index (κ3) is 3.22. The van der Waals surface area contributed by atoms with Gasteiger partial charge in [0, 0.05) is 17.8 Å². The standard InChI is InChI=1S/C14H19FN2O2/c1-9-4-3-5-14(10(9)2)16-12-6-11(15)7-13(8-12)17(18)19/h6-10,14,16H,3-5H2,1-2H3. The number of nitro groups is 1. The molecule has 0 heterocycles. The van der Waals surface area contributed by atoms with E-state index in [1.54, 1.807) is 0 Å². The Morgan fingerprint density at radius 3 is 2.74 bits per heavy atom. The second-order valence-corrected chi connectivity index (χ2v) is 5.47. The summed E-state index contributed by atoms with van der Waals surface area (Å²) in [6.45, 7) is 4.39.